The molecule has 0 unspecified atom stereocenters. The second kappa shape index (κ2) is 8.67. The van der Waals surface area contributed by atoms with Crippen LogP contribution >= 0.6 is 0 Å². The van der Waals surface area contributed by atoms with Crippen LogP contribution in [-0.2, 0) is 0 Å². The molecular weight excluding hydrogens is 318 g/mol. The molecule has 1 aliphatic rings. The summed E-state index contributed by atoms with van der Waals surface area (Å²) >= 11 is 0. The molecule has 1 atom stereocenters. The lowest BCUT2D eigenvalue weighted by molar-refractivity contribution is -0.936. The number of hydrogen-bond donors (Lipinski definition) is 2. The highest BCUT2D eigenvalue weighted by atomic mass is 16.5. The van der Waals surface area contributed by atoms with Gasteiger partial charge in [-0.15, -0.1) is 0 Å². The Morgan fingerprint density at radius 2 is 2.16 bits per heavy atom. The fourth-order valence-electron chi connectivity index (χ4n) is 3.40. The van der Waals surface area contributed by atoms with Gasteiger partial charge in [-0.25, -0.2) is 4.98 Å². The van der Waals surface area contributed by atoms with E-state index in [0.717, 1.165) is 18.8 Å². The maximum absolute atomic E-state index is 12.6. The van der Waals surface area contributed by atoms with Crippen LogP contribution in [0, 0.1) is 0 Å². The summed E-state index contributed by atoms with van der Waals surface area (Å²) in [5.41, 5.74) is 0.469. The van der Waals surface area contributed by atoms with Crippen LogP contribution in [0.5, 0.6) is 5.88 Å². The molecule has 3 rings (SSSR count). The van der Waals surface area contributed by atoms with E-state index in [9.17, 15) is 4.79 Å². The van der Waals surface area contributed by atoms with Gasteiger partial charge >= 0.3 is 0 Å². The molecule has 2 N–H and O–H groups in total. The number of carbonyl (C=O) groups is 1. The maximum atomic E-state index is 12.6. The SMILES string of the molecule is CCOc1ncccc1C(=O)NC[C@@H](c1ccco1)[NH+]1CCCCC1. The van der Waals surface area contributed by atoms with Gasteiger partial charge in [-0.2, -0.15) is 0 Å². The van der Waals surface area contributed by atoms with Gasteiger partial charge < -0.3 is 19.4 Å². The number of likely N-dealkylation sites (tertiary alicyclic amines) is 1. The monoisotopic (exact) mass is 344 g/mol. The van der Waals surface area contributed by atoms with Crippen LogP contribution in [-0.4, -0.2) is 37.1 Å². The zero-order valence-electron chi connectivity index (χ0n) is 14.7. The summed E-state index contributed by atoms with van der Waals surface area (Å²) in [7, 11) is 0. The molecule has 1 fully saturated rings. The number of aromatic nitrogens is 1. The van der Waals surface area contributed by atoms with Crippen LogP contribution in [0.1, 0.15) is 48.3 Å². The highest BCUT2D eigenvalue weighted by Crippen LogP contribution is 2.15. The molecule has 134 valence electrons. The highest BCUT2D eigenvalue weighted by molar-refractivity contribution is 5.96. The third-order valence-corrected chi connectivity index (χ3v) is 4.64. The number of nitrogens with one attached hydrogen (secondary N) is 2. The molecule has 0 saturated carbocycles. The average Bonchev–Trinajstić information content (AvgIpc) is 3.18. The normalized spacial score (nSPS) is 16.4. The molecule has 3 heterocycles. The van der Waals surface area contributed by atoms with Crippen molar-refractivity contribution in [2.24, 2.45) is 0 Å². The summed E-state index contributed by atoms with van der Waals surface area (Å²) in [5.74, 6) is 1.14. The first kappa shape index (κ1) is 17.5. The molecule has 1 saturated heterocycles. The number of furan rings is 1. The van der Waals surface area contributed by atoms with E-state index in [2.05, 4.69) is 10.3 Å². The molecule has 1 amide bonds. The lowest BCUT2D eigenvalue weighted by atomic mass is 10.1. The zero-order chi connectivity index (χ0) is 17.5. The molecule has 0 radical (unpaired) electrons. The van der Waals surface area contributed by atoms with Crippen molar-refractivity contribution in [1.82, 2.24) is 10.3 Å². The van der Waals surface area contributed by atoms with Crippen LogP contribution < -0.4 is 15.0 Å². The van der Waals surface area contributed by atoms with E-state index in [1.807, 2.05) is 19.1 Å². The number of pyridine rings is 1. The van der Waals surface area contributed by atoms with Crippen LogP contribution in [0.25, 0.3) is 0 Å². The Morgan fingerprint density at radius 1 is 1.32 bits per heavy atom. The van der Waals surface area contributed by atoms with E-state index in [1.165, 1.54) is 24.2 Å². The van der Waals surface area contributed by atoms with Crippen molar-refractivity contribution in [3.8, 4) is 5.88 Å². The topological polar surface area (TPSA) is 68.8 Å². The minimum Gasteiger partial charge on any atom is -0.477 e. The number of hydrogen-bond acceptors (Lipinski definition) is 4. The number of rotatable bonds is 7. The van der Waals surface area contributed by atoms with Gasteiger partial charge in [-0.05, 0) is 50.5 Å². The van der Waals surface area contributed by atoms with Gasteiger partial charge in [-0.1, -0.05) is 0 Å². The third kappa shape index (κ3) is 4.39. The van der Waals surface area contributed by atoms with Gasteiger partial charge in [0.25, 0.3) is 5.91 Å². The van der Waals surface area contributed by atoms with E-state index < -0.39 is 0 Å². The Kier molecular flexibility index (Phi) is 6.06. The second-order valence-electron chi connectivity index (χ2n) is 6.29. The molecule has 1 aliphatic heterocycles. The molecule has 0 spiro atoms. The van der Waals surface area contributed by atoms with E-state index >= 15 is 0 Å². The van der Waals surface area contributed by atoms with Crippen molar-refractivity contribution in [3.63, 3.8) is 0 Å². The second-order valence-corrected chi connectivity index (χ2v) is 6.29. The van der Waals surface area contributed by atoms with E-state index in [-0.39, 0.29) is 11.9 Å². The summed E-state index contributed by atoms with van der Waals surface area (Å²) in [6, 6.07) is 7.52. The Labute approximate surface area is 148 Å². The number of ether oxygens (including phenoxy) is 1. The van der Waals surface area contributed by atoms with Crippen molar-refractivity contribution in [2.45, 2.75) is 32.2 Å². The van der Waals surface area contributed by atoms with Crippen molar-refractivity contribution in [3.05, 3.63) is 48.0 Å². The molecule has 0 aliphatic carbocycles. The zero-order valence-corrected chi connectivity index (χ0v) is 14.7. The van der Waals surface area contributed by atoms with Crippen LogP contribution in [0.15, 0.2) is 41.1 Å². The molecule has 0 aromatic carbocycles. The predicted molar refractivity (Wildman–Crippen MR) is 93.7 cm³/mol. The van der Waals surface area contributed by atoms with Crippen LogP contribution in [0.3, 0.4) is 0 Å². The molecule has 6 heteroatoms. The summed E-state index contributed by atoms with van der Waals surface area (Å²) < 4.78 is 11.1. The van der Waals surface area contributed by atoms with E-state index in [0.29, 0.717) is 24.6 Å². The van der Waals surface area contributed by atoms with Crippen molar-refractivity contribution in [2.75, 3.05) is 26.2 Å². The largest absolute Gasteiger partial charge is 0.477 e. The average molecular weight is 344 g/mol. The number of nitrogens with zero attached hydrogens (tertiary/aromatic N) is 1. The highest BCUT2D eigenvalue weighted by Gasteiger charge is 2.29. The smallest absolute Gasteiger partial charge is 0.257 e. The number of quaternary nitrogens is 1. The molecule has 2 aromatic rings. The fourth-order valence-corrected chi connectivity index (χ4v) is 3.40. The van der Waals surface area contributed by atoms with Gasteiger partial charge in [0.15, 0.2) is 11.8 Å². The minimum absolute atomic E-state index is 0.131. The first-order chi connectivity index (χ1) is 12.3. The summed E-state index contributed by atoms with van der Waals surface area (Å²) in [6.45, 7) is 5.10. The minimum atomic E-state index is -0.162. The third-order valence-electron chi connectivity index (χ3n) is 4.64. The van der Waals surface area contributed by atoms with E-state index in [1.54, 1.807) is 24.6 Å². The van der Waals surface area contributed by atoms with Crippen LogP contribution in [0.4, 0.5) is 0 Å². The number of carbonyl (C=O) groups excluding carboxylic acids is 1. The predicted octanol–water partition coefficient (Wildman–Crippen LogP) is 1.61. The summed E-state index contributed by atoms with van der Waals surface area (Å²) in [4.78, 5) is 18.2. The van der Waals surface area contributed by atoms with Gasteiger partial charge in [0, 0.05) is 6.20 Å². The standard InChI is InChI=1S/C19H25N3O3/c1-2-24-19-15(8-6-10-20-19)18(23)21-14-16(17-9-7-13-25-17)22-11-4-3-5-12-22/h6-10,13,16H,2-5,11-12,14H2,1H3,(H,21,23)/p+1/t16-/m0/s1. The first-order valence-electron chi connectivity index (χ1n) is 9.03. The Balaban J connectivity index is 1.69. The molecule has 25 heavy (non-hydrogen) atoms. The van der Waals surface area contributed by atoms with Crippen molar-refractivity contribution < 1.29 is 18.8 Å². The van der Waals surface area contributed by atoms with Gasteiger partial charge in [0.1, 0.15) is 5.56 Å². The number of amides is 1. The molecular formula is C19H26N3O3+. The Morgan fingerprint density at radius 3 is 2.88 bits per heavy atom. The fraction of sp³-hybridized carbons (Fsp3) is 0.474. The van der Waals surface area contributed by atoms with Gasteiger partial charge in [-0.3, -0.25) is 4.79 Å². The van der Waals surface area contributed by atoms with Gasteiger partial charge in [0.05, 0.1) is 32.5 Å². The summed E-state index contributed by atoms with van der Waals surface area (Å²) in [5, 5.41) is 3.04. The Hall–Kier alpha value is -2.34. The van der Waals surface area contributed by atoms with Crippen molar-refractivity contribution >= 4 is 5.91 Å². The number of piperidine rings is 1. The molecule has 2 aromatic heterocycles. The molecule has 6 nitrogen and oxygen atoms in total. The summed E-state index contributed by atoms with van der Waals surface area (Å²) in [6.07, 6.45) is 7.05. The lowest BCUT2D eigenvalue weighted by Gasteiger charge is -2.30. The van der Waals surface area contributed by atoms with E-state index in [4.69, 9.17) is 9.15 Å². The Bertz CT molecular complexity index is 666. The first-order valence-corrected chi connectivity index (χ1v) is 9.03. The van der Waals surface area contributed by atoms with Crippen molar-refractivity contribution in [1.29, 1.82) is 0 Å². The lowest BCUT2D eigenvalue weighted by Crippen LogP contribution is -3.13. The van der Waals surface area contributed by atoms with Crippen LogP contribution in [0.2, 0.25) is 0 Å². The quantitative estimate of drug-likeness (QED) is 0.801. The molecule has 0 bridgehead atoms. The maximum Gasteiger partial charge on any atom is 0.257 e. The van der Waals surface area contributed by atoms with Gasteiger partial charge in [0.2, 0.25) is 5.88 Å².